The number of rotatable bonds is 10. The van der Waals surface area contributed by atoms with Gasteiger partial charge in [0.05, 0.1) is 0 Å². The first-order chi connectivity index (χ1) is 8.77. The van der Waals surface area contributed by atoms with Gasteiger partial charge in [-0.1, -0.05) is 58.3 Å². The molecule has 0 aromatic heterocycles. The fourth-order valence-corrected chi connectivity index (χ4v) is 1.58. The Labute approximate surface area is 201 Å². The number of carboxylic acids is 1. The number of unbranched alkanes of at least 4 members (excludes halogenated alkanes) is 8. The van der Waals surface area contributed by atoms with Gasteiger partial charge in [-0.05, 0) is 12.8 Å². The first kappa shape index (κ1) is 35.4. The molecule has 0 bridgehead atoms. The predicted octanol–water partition coefficient (Wildman–Crippen LogP) is -7.67. The second kappa shape index (κ2) is 25.6. The van der Waals surface area contributed by atoms with E-state index < -0.39 is 16.4 Å². The molecule has 0 N–H and O–H groups in total. The van der Waals surface area contributed by atoms with Crippen molar-refractivity contribution in [3.05, 3.63) is 0 Å². The second-order valence-electron chi connectivity index (χ2n) is 4.36. The average molecular weight is 364 g/mol. The Balaban J connectivity index is -0.000000105. The van der Waals surface area contributed by atoms with E-state index in [4.69, 9.17) is 17.5 Å². The van der Waals surface area contributed by atoms with Crippen LogP contribution in [0.3, 0.4) is 0 Å². The molecule has 0 saturated heterocycles. The Bertz CT molecular complexity index is 304. The maximum Gasteiger partial charge on any atom is 1.00 e. The summed E-state index contributed by atoms with van der Waals surface area (Å²) < 4.78 is 34.1. The molecule has 0 amide bonds. The zero-order valence-electron chi connectivity index (χ0n) is 14.4. The van der Waals surface area contributed by atoms with Gasteiger partial charge in [0.1, 0.15) is 0 Å². The van der Waals surface area contributed by atoms with Crippen LogP contribution in [0.5, 0.6) is 0 Å². The molecule has 0 rings (SSSR count). The van der Waals surface area contributed by atoms with Gasteiger partial charge >= 0.3 is 88.7 Å². The SMILES string of the molecule is CCCCCCCCCCCC(=O)[O-].O=S(=O)([O-])[O-].[Na+].[Na+].[Na+]. The molecule has 0 aliphatic rings. The van der Waals surface area contributed by atoms with Crippen molar-refractivity contribution in [2.45, 2.75) is 71.1 Å². The van der Waals surface area contributed by atoms with Crippen molar-refractivity contribution in [3.63, 3.8) is 0 Å². The topological polar surface area (TPSA) is 120 Å². The van der Waals surface area contributed by atoms with Crippen LogP contribution in [0, 0.1) is 0 Å². The molecule has 0 unspecified atom stereocenters. The number of carboxylic acid groups (broad SMARTS) is 1. The van der Waals surface area contributed by atoms with Crippen molar-refractivity contribution in [2.75, 3.05) is 0 Å². The molecule has 10 heteroatoms. The van der Waals surface area contributed by atoms with Gasteiger partial charge in [0.25, 0.3) is 0 Å². The van der Waals surface area contributed by atoms with Crippen molar-refractivity contribution in [1.82, 2.24) is 0 Å². The number of carbonyl (C=O) groups excluding carboxylic acids is 1. The van der Waals surface area contributed by atoms with E-state index in [0.29, 0.717) is 0 Å². The molecular formula is C12H23Na3O6S. The summed E-state index contributed by atoms with van der Waals surface area (Å²) in [6.07, 6.45) is 11.2. The van der Waals surface area contributed by atoms with Gasteiger partial charge in [-0.25, -0.2) is 0 Å². The van der Waals surface area contributed by atoms with Crippen LogP contribution in [0.2, 0.25) is 0 Å². The molecule has 0 heterocycles. The number of hydrogen-bond donors (Lipinski definition) is 0. The number of aliphatic carboxylic acids is 1. The zero-order valence-corrected chi connectivity index (χ0v) is 21.2. The fourth-order valence-electron chi connectivity index (χ4n) is 1.58. The van der Waals surface area contributed by atoms with Crippen molar-refractivity contribution in [2.24, 2.45) is 0 Å². The molecule has 0 fully saturated rings. The van der Waals surface area contributed by atoms with Crippen molar-refractivity contribution < 1.29 is 116 Å². The third-order valence-electron chi connectivity index (χ3n) is 2.48. The molecule has 22 heavy (non-hydrogen) atoms. The van der Waals surface area contributed by atoms with Gasteiger partial charge in [-0.15, -0.1) is 0 Å². The predicted molar refractivity (Wildman–Crippen MR) is 67.3 cm³/mol. The smallest absolute Gasteiger partial charge is 0.759 e. The molecular weight excluding hydrogens is 341 g/mol. The zero-order chi connectivity index (χ0) is 15.1. The van der Waals surface area contributed by atoms with Crippen molar-refractivity contribution in [1.29, 1.82) is 0 Å². The Hall–Kier alpha value is 2.34. The first-order valence-corrected chi connectivity index (χ1v) is 7.97. The fraction of sp³-hybridized carbons (Fsp3) is 0.917. The van der Waals surface area contributed by atoms with E-state index in [1.807, 2.05) is 0 Å². The summed E-state index contributed by atoms with van der Waals surface area (Å²) in [5.74, 6) is -0.909. The van der Waals surface area contributed by atoms with Gasteiger partial charge in [0, 0.05) is 16.4 Å². The maximum atomic E-state index is 10.1. The van der Waals surface area contributed by atoms with E-state index in [2.05, 4.69) is 6.92 Å². The first-order valence-electron chi connectivity index (χ1n) is 6.64. The summed E-state index contributed by atoms with van der Waals surface area (Å²) in [7, 11) is -5.17. The molecule has 0 aromatic carbocycles. The Morgan fingerprint density at radius 2 is 1.05 bits per heavy atom. The summed E-state index contributed by atoms with van der Waals surface area (Å²) in [5, 5.41) is 10.1. The van der Waals surface area contributed by atoms with Gasteiger partial charge in [0.2, 0.25) is 0 Å². The quantitative estimate of drug-likeness (QED) is 0.164. The monoisotopic (exact) mass is 364 g/mol. The number of hydrogen-bond acceptors (Lipinski definition) is 6. The third kappa shape index (κ3) is 57.2. The molecule has 0 aliphatic heterocycles. The van der Waals surface area contributed by atoms with E-state index in [9.17, 15) is 9.90 Å². The molecule has 0 saturated carbocycles. The average Bonchev–Trinajstić information content (AvgIpc) is 2.24. The van der Waals surface area contributed by atoms with Crippen LogP contribution < -0.4 is 93.8 Å². The minimum atomic E-state index is -5.17. The van der Waals surface area contributed by atoms with E-state index >= 15 is 0 Å². The van der Waals surface area contributed by atoms with Crippen LogP contribution in [0.4, 0.5) is 0 Å². The van der Waals surface area contributed by atoms with Gasteiger partial charge < -0.3 is 19.0 Å². The minimum Gasteiger partial charge on any atom is -0.759 e. The van der Waals surface area contributed by atoms with Crippen LogP contribution >= 0.6 is 0 Å². The maximum absolute atomic E-state index is 10.1. The van der Waals surface area contributed by atoms with Crippen LogP contribution in [-0.2, 0) is 15.2 Å². The summed E-state index contributed by atoms with van der Waals surface area (Å²) in [6, 6.07) is 0. The molecule has 0 aliphatic carbocycles. The molecule has 116 valence electrons. The summed E-state index contributed by atoms with van der Waals surface area (Å²) in [5.41, 5.74) is 0. The number of carbonyl (C=O) groups is 1. The second-order valence-corrected chi connectivity index (χ2v) is 5.18. The van der Waals surface area contributed by atoms with Gasteiger partial charge in [0.15, 0.2) is 0 Å². The normalized spacial score (nSPS) is 9.23. The van der Waals surface area contributed by atoms with Crippen LogP contribution in [0.25, 0.3) is 0 Å². The Morgan fingerprint density at radius 3 is 1.32 bits per heavy atom. The van der Waals surface area contributed by atoms with Crippen molar-refractivity contribution in [3.8, 4) is 0 Å². The van der Waals surface area contributed by atoms with Crippen molar-refractivity contribution >= 4 is 16.4 Å². The minimum absolute atomic E-state index is 0. The van der Waals surface area contributed by atoms with Crippen LogP contribution in [0.1, 0.15) is 71.1 Å². The molecule has 0 radical (unpaired) electrons. The van der Waals surface area contributed by atoms with Crippen LogP contribution in [-0.4, -0.2) is 23.5 Å². The molecule has 0 aromatic rings. The largest absolute Gasteiger partial charge is 1.00 e. The van der Waals surface area contributed by atoms with E-state index in [0.717, 1.165) is 12.8 Å². The third-order valence-corrected chi connectivity index (χ3v) is 2.48. The van der Waals surface area contributed by atoms with E-state index in [1.165, 1.54) is 44.9 Å². The van der Waals surface area contributed by atoms with Gasteiger partial charge in [-0.2, -0.15) is 0 Å². The van der Waals surface area contributed by atoms with Gasteiger partial charge in [-0.3, -0.25) is 8.42 Å². The molecule has 0 atom stereocenters. The summed E-state index contributed by atoms with van der Waals surface area (Å²) >= 11 is 0. The Kier molecular flexibility index (Phi) is 41.2. The summed E-state index contributed by atoms with van der Waals surface area (Å²) in [6.45, 7) is 2.22. The van der Waals surface area contributed by atoms with E-state index in [1.54, 1.807) is 0 Å². The van der Waals surface area contributed by atoms with E-state index in [-0.39, 0.29) is 95.1 Å². The van der Waals surface area contributed by atoms with Crippen LogP contribution in [0.15, 0.2) is 0 Å². The molecule has 0 spiro atoms. The molecule has 6 nitrogen and oxygen atoms in total. The standard InChI is InChI=1S/C12H24O2.3Na.H2O4S/c1-2-3-4-5-6-7-8-9-10-11-12(13)14;;;;1-5(2,3)4/h2-11H2,1H3,(H,13,14);;;;(H2,1,2,3,4)/q;3*+1;/p-3. The summed E-state index contributed by atoms with van der Waals surface area (Å²) in [4.78, 5) is 10.1. The Morgan fingerprint density at radius 1 is 0.773 bits per heavy atom.